The van der Waals surface area contributed by atoms with Crippen LogP contribution in [0.1, 0.15) is 38.2 Å². The van der Waals surface area contributed by atoms with Gasteiger partial charge < -0.3 is 10.1 Å². The van der Waals surface area contributed by atoms with Crippen molar-refractivity contribution in [3.8, 4) is 5.75 Å². The number of halogens is 1. The van der Waals surface area contributed by atoms with Crippen LogP contribution in [0.3, 0.4) is 0 Å². The molecule has 1 amide bonds. The molecule has 0 bridgehead atoms. The number of amides is 1. The van der Waals surface area contributed by atoms with Crippen LogP contribution >= 0.6 is 15.9 Å². The summed E-state index contributed by atoms with van der Waals surface area (Å²) >= 11 is 3.45. The summed E-state index contributed by atoms with van der Waals surface area (Å²) in [6.45, 7) is 5.54. The second-order valence-electron chi connectivity index (χ2n) is 6.08. The molecule has 0 fully saturated rings. The fourth-order valence-corrected chi connectivity index (χ4v) is 2.74. The minimum absolute atomic E-state index is 0.0712. The van der Waals surface area contributed by atoms with Crippen molar-refractivity contribution in [3.05, 3.63) is 29.8 Å². The summed E-state index contributed by atoms with van der Waals surface area (Å²) in [5, 5.41) is 4.09. The van der Waals surface area contributed by atoms with Crippen molar-refractivity contribution in [2.75, 3.05) is 18.5 Å². The lowest BCUT2D eigenvalue weighted by molar-refractivity contribution is -0.123. The van der Waals surface area contributed by atoms with Gasteiger partial charge in [0.1, 0.15) is 18.3 Å². The Morgan fingerprint density at radius 1 is 1.45 bits per heavy atom. The van der Waals surface area contributed by atoms with Crippen molar-refractivity contribution in [1.29, 1.82) is 0 Å². The maximum Gasteiger partial charge on any atom is 0.231 e. The average Bonchev–Trinajstić information content (AvgIpc) is 2.87. The van der Waals surface area contributed by atoms with Crippen molar-refractivity contribution >= 4 is 21.8 Å². The monoisotopic (exact) mass is 339 g/mol. The Morgan fingerprint density at radius 2 is 2.20 bits per heavy atom. The van der Waals surface area contributed by atoms with Gasteiger partial charge in [0.2, 0.25) is 5.91 Å². The number of alkyl halides is 1. The van der Waals surface area contributed by atoms with Gasteiger partial charge in [-0.3, -0.25) is 4.79 Å². The van der Waals surface area contributed by atoms with Crippen LogP contribution in [0.2, 0.25) is 0 Å². The summed E-state index contributed by atoms with van der Waals surface area (Å²) in [6, 6.07) is 7.78. The minimum atomic E-state index is -0.168. The zero-order valence-corrected chi connectivity index (χ0v) is 13.7. The lowest BCUT2D eigenvalue weighted by Crippen LogP contribution is -2.37. The molecule has 0 radical (unpaired) electrons. The SMILES string of the molecule is CC(C)(CCCBr)CNC(=O)C1COc2ccccc21. The normalized spacial score (nSPS) is 17.4. The van der Waals surface area contributed by atoms with Gasteiger partial charge >= 0.3 is 0 Å². The molecule has 1 N–H and O–H groups in total. The van der Waals surface area contributed by atoms with Crippen LogP contribution < -0.4 is 10.1 Å². The molecule has 0 aromatic heterocycles. The second kappa shape index (κ2) is 6.61. The van der Waals surface area contributed by atoms with Gasteiger partial charge in [-0.25, -0.2) is 0 Å². The van der Waals surface area contributed by atoms with Gasteiger partial charge in [-0.15, -0.1) is 0 Å². The van der Waals surface area contributed by atoms with E-state index in [9.17, 15) is 4.79 Å². The molecule has 20 heavy (non-hydrogen) atoms. The lowest BCUT2D eigenvalue weighted by Gasteiger charge is -2.25. The summed E-state index contributed by atoms with van der Waals surface area (Å²) in [6.07, 6.45) is 2.22. The van der Waals surface area contributed by atoms with Gasteiger partial charge in [-0.2, -0.15) is 0 Å². The zero-order valence-electron chi connectivity index (χ0n) is 12.1. The molecule has 1 atom stereocenters. The smallest absolute Gasteiger partial charge is 0.231 e. The highest BCUT2D eigenvalue weighted by molar-refractivity contribution is 9.09. The topological polar surface area (TPSA) is 38.3 Å². The predicted molar refractivity (Wildman–Crippen MR) is 84.5 cm³/mol. The molecule has 1 aromatic rings. The van der Waals surface area contributed by atoms with Gasteiger partial charge in [-0.05, 0) is 24.3 Å². The van der Waals surface area contributed by atoms with Crippen LogP contribution in [0, 0.1) is 5.41 Å². The van der Waals surface area contributed by atoms with E-state index in [1.165, 1.54) is 0 Å². The van der Waals surface area contributed by atoms with Crippen LogP contribution in [-0.2, 0) is 4.79 Å². The summed E-state index contributed by atoms with van der Waals surface area (Å²) in [4.78, 5) is 12.3. The second-order valence-corrected chi connectivity index (χ2v) is 6.87. The number of fused-ring (bicyclic) bond motifs is 1. The van der Waals surface area contributed by atoms with Crippen LogP contribution in [-0.4, -0.2) is 24.4 Å². The summed E-state index contributed by atoms with van der Waals surface area (Å²) in [5.41, 5.74) is 1.13. The number of ether oxygens (including phenoxy) is 1. The predicted octanol–water partition coefficient (Wildman–Crippen LogP) is 3.48. The molecule has 110 valence electrons. The van der Waals surface area contributed by atoms with E-state index in [1.807, 2.05) is 24.3 Å². The molecular weight excluding hydrogens is 318 g/mol. The standard InChI is InChI=1S/C16H22BrNO2/c1-16(2,8-5-9-17)11-18-15(19)13-10-20-14-7-4-3-6-12(13)14/h3-4,6-7,13H,5,8-11H2,1-2H3,(H,18,19). The fraction of sp³-hybridized carbons (Fsp3) is 0.562. The molecule has 1 aromatic carbocycles. The summed E-state index contributed by atoms with van der Waals surface area (Å²) in [7, 11) is 0. The van der Waals surface area contributed by atoms with Crippen LogP contribution in [0.4, 0.5) is 0 Å². The van der Waals surface area contributed by atoms with Crippen molar-refractivity contribution in [1.82, 2.24) is 5.32 Å². The van der Waals surface area contributed by atoms with Crippen molar-refractivity contribution in [2.24, 2.45) is 5.41 Å². The first-order valence-electron chi connectivity index (χ1n) is 7.09. The largest absolute Gasteiger partial charge is 0.492 e. The third-order valence-corrected chi connectivity index (χ3v) is 4.31. The molecule has 0 saturated heterocycles. The Labute approximate surface area is 129 Å². The number of benzene rings is 1. The average molecular weight is 340 g/mol. The molecule has 1 aliphatic heterocycles. The number of hydrogen-bond donors (Lipinski definition) is 1. The first kappa shape index (κ1) is 15.4. The van der Waals surface area contributed by atoms with Gasteiger partial charge in [-0.1, -0.05) is 48.0 Å². The molecule has 4 heteroatoms. The molecule has 3 nitrogen and oxygen atoms in total. The van der Waals surface area contributed by atoms with Gasteiger partial charge in [0.15, 0.2) is 0 Å². The van der Waals surface area contributed by atoms with Crippen LogP contribution in [0.25, 0.3) is 0 Å². The molecule has 2 rings (SSSR count). The first-order chi connectivity index (χ1) is 9.53. The minimum Gasteiger partial charge on any atom is -0.492 e. The molecule has 1 unspecified atom stereocenters. The van der Waals surface area contributed by atoms with E-state index in [-0.39, 0.29) is 17.2 Å². The number of rotatable bonds is 6. The van der Waals surface area contributed by atoms with Gasteiger partial charge in [0.05, 0.1) is 0 Å². The molecule has 1 heterocycles. The molecule has 0 saturated carbocycles. The first-order valence-corrected chi connectivity index (χ1v) is 8.21. The molecular formula is C16H22BrNO2. The van der Waals surface area contributed by atoms with E-state index in [2.05, 4.69) is 35.1 Å². The van der Waals surface area contributed by atoms with Crippen molar-refractivity contribution in [3.63, 3.8) is 0 Å². The Hall–Kier alpha value is -1.03. The molecule has 1 aliphatic rings. The third-order valence-electron chi connectivity index (χ3n) is 3.74. The van der Waals surface area contributed by atoms with Crippen LogP contribution in [0.5, 0.6) is 5.75 Å². The third kappa shape index (κ3) is 3.75. The molecule has 0 spiro atoms. The Balaban J connectivity index is 1.90. The number of hydrogen-bond acceptors (Lipinski definition) is 2. The number of nitrogens with one attached hydrogen (secondary N) is 1. The van der Waals surface area contributed by atoms with Gasteiger partial charge in [0, 0.05) is 17.4 Å². The number of para-hydroxylation sites is 1. The van der Waals surface area contributed by atoms with Gasteiger partial charge in [0.25, 0.3) is 0 Å². The quantitative estimate of drug-likeness (QED) is 0.805. The van der Waals surface area contributed by atoms with Crippen LogP contribution in [0.15, 0.2) is 24.3 Å². The number of carbonyl (C=O) groups excluding carboxylic acids is 1. The Bertz CT molecular complexity index is 473. The highest BCUT2D eigenvalue weighted by Gasteiger charge is 2.30. The Kier molecular flexibility index (Phi) is 5.08. The van der Waals surface area contributed by atoms with E-state index >= 15 is 0 Å². The zero-order chi connectivity index (χ0) is 14.6. The van der Waals surface area contributed by atoms with E-state index in [1.54, 1.807) is 0 Å². The lowest BCUT2D eigenvalue weighted by atomic mass is 9.88. The maximum absolute atomic E-state index is 12.3. The fourth-order valence-electron chi connectivity index (χ4n) is 2.46. The summed E-state index contributed by atoms with van der Waals surface area (Å²) < 4.78 is 5.56. The van der Waals surface area contributed by atoms with E-state index in [0.29, 0.717) is 13.2 Å². The highest BCUT2D eigenvalue weighted by Crippen LogP contribution is 2.33. The highest BCUT2D eigenvalue weighted by atomic mass is 79.9. The van der Waals surface area contributed by atoms with E-state index in [4.69, 9.17) is 4.74 Å². The molecule has 0 aliphatic carbocycles. The van der Waals surface area contributed by atoms with Crippen molar-refractivity contribution < 1.29 is 9.53 Å². The van der Waals surface area contributed by atoms with E-state index < -0.39 is 0 Å². The van der Waals surface area contributed by atoms with E-state index in [0.717, 1.165) is 29.5 Å². The Morgan fingerprint density at radius 3 is 2.95 bits per heavy atom. The number of carbonyl (C=O) groups is 1. The summed E-state index contributed by atoms with van der Waals surface area (Å²) in [5.74, 6) is 0.742. The maximum atomic E-state index is 12.3. The van der Waals surface area contributed by atoms with Crippen molar-refractivity contribution in [2.45, 2.75) is 32.6 Å².